The molecule has 6 heterocycles. The van der Waals surface area contributed by atoms with Gasteiger partial charge in [-0.25, -0.2) is 0 Å². The minimum atomic E-state index is -1.36. The van der Waals surface area contributed by atoms with Crippen molar-refractivity contribution in [1.29, 1.82) is 0 Å². The lowest BCUT2D eigenvalue weighted by atomic mass is 9.93. The van der Waals surface area contributed by atoms with Crippen molar-refractivity contribution < 1.29 is 29.1 Å². The summed E-state index contributed by atoms with van der Waals surface area (Å²) in [7, 11) is 4.96. The maximum Gasteiger partial charge on any atom is 0.258 e. The van der Waals surface area contributed by atoms with Gasteiger partial charge < -0.3 is 34.5 Å². The van der Waals surface area contributed by atoms with Crippen LogP contribution in [0.4, 0.5) is 34.1 Å². The van der Waals surface area contributed by atoms with Crippen LogP contribution in [-0.2, 0) is 0 Å². The van der Waals surface area contributed by atoms with Gasteiger partial charge in [0, 0.05) is 123 Å². The summed E-state index contributed by atoms with van der Waals surface area (Å²) < 4.78 is 0. The van der Waals surface area contributed by atoms with Gasteiger partial charge in [0.25, 0.3) is 29.5 Å². The Morgan fingerprint density at radius 2 is 0.620 bits per heavy atom. The molecule has 1 atom stereocenters. The van der Waals surface area contributed by atoms with Crippen LogP contribution in [0, 0.1) is 37.0 Å². The van der Waals surface area contributed by atoms with Crippen molar-refractivity contribution in [2.45, 2.75) is 89.3 Å². The number of hydrogen-bond acceptors (Lipinski definition) is 13. The van der Waals surface area contributed by atoms with E-state index >= 15 is 14.4 Å². The maximum atomic E-state index is 16.1. The quantitative estimate of drug-likeness (QED) is 0.0558. The van der Waals surface area contributed by atoms with E-state index < -0.39 is 34.8 Å². The van der Waals surface area contributed by atoms with E-state index in [0.717, 1.165) is 127 Å². The number of fused-ring (bicyclic) bond motifs is 9. The first-order chi connectivity index (χ1) is 61.7. The number of aliphatic hydroxyl groups excluding tert-OH is 1. The van der Waals surface area contributed by atoms with E-state index in [1.165, 1.54) is 32.9 Å². The monoisotopic (exact) mass is 1700 g/mol. The summed E-state index contributed by atoms with van der Waals surface area (Å²) in [5.41, 5.74) is 15.3. The smallest absolute Gasteiger partial charge is 0.258 e. The number of aromatic nitrogens is 6. The topological polar surface area (TPSA) is 202 Å². The SMILES string of the molecule is Cc1cc(N(C)C(=O)c2cc(C(=O)N(C)c3cnc4c(ccc5ccccc54)c3)cc(C(=O)N(C)c3cnc4c(ccc5c(-c6ccc(-c7ncc(N(CC(C)(C)C)C(=O)c8cc(C(=O)N(CC(C)(C)C)c9cnc%10c(ccc%11ccccc%11%10)c9)cc(C(O)N(CC(C)(C)C)c9cnc(-c%10ccccc%10)c(C)c9)c8)cc7C)cc6)cccc54)c3)c2)cnc1-c1ccccc1. The summed E-state index contributed by atoms with van der Waals surface area (Å²) in [6.07, 6.45) is 8.91. The Labute approximate surface area is 751 Å². The van der Waals surface area contributed by atoms with Crippen LogP contribution in [0.3, 0.4) is 0 Å². The minimum absolute atomic E-state index is 0.110. The van der Waals surface area contributed by atoms with Gasteiger partial charge in [-0.2, -0.15) is 0 Å². The molecule has 17 aromatic rings. The lowest BCUT2D eigenvalue weighted by molar-refractivity contribution is 0.0965. The molecule has 0 spiro atoms. The zero-order chi connectivity index (χ0) is 90.6. The van der Waals surface area contributed by atoms with E-state index in [0.29, 0.717) is 52.8 Å². The maximum absolute atomic E-state index is 16.1. The molecule has 0 fully saturated rings. The summed E-state index contributed by atoms with van der Waals surface area (Å²) in [5, 5.41) is 21.7. The molecule has 0 aliphatic heterocycles. The van der Waals surface area contributed by atoms with E-state index in [2.05, 4.69) is 117 Å². The molecule has 17 rings (SSSR count). The van der Waals surface area contributed by atoms with Gasteiger partial charge in [0.1, 0.15) is 0 Å². The summed E-state index contributed by atoms with van der Waals surface area (Å²) >= 11 is 0. The second-order valence-corrected chi connectivity index (χ2v) is 37.4. The van der Waals surface area contributed by atoms with Gasteiger partial charge in [0.15, 0.2) is 6.23 Å². The van der Waals surface area contributed by atoms with Crippen molar-refractivity contribution in [3.05, 3.63) is 348 Å². The highest BCUT2D eigenvalue weighted by atomic mass is 16.3. The Morgan fingerprint density at radius 3 is 1.07 bits per heavy atom. The van der Waals surface area contributed by atoms with Crippen molar-refractivity contribution in [2.24, 2.45) is 16.2 Å². The number of hydrogen-bond donors (Lipinski definition) is 1. The molecule has 642 valence electrons. The number of pyridine rings is 6. The van der Waals surface area contributed by atoms with Gasteiger partial charge in [0.05, 0.1) is 105 Å². The standard InChI is InChI=1S/C111H102N12O6/c1-68-47-86(59-112-97(68)74-29-18-16-19-30-74)118(13)103(124)80-50-81(104(125)119(14)87-56-77-43-39-71-27-22-24-33-93(71)100(77)115-60-87)52-82(51-80)105(126)120(15)88-57-79-45-46-95-92(35-26-36-96(95)102(79)116-61-88)73-37-41-76(42-38-73)99-70(3)49-90(63-114-99)122(66-110(7,8)9)107(128)84-53-83(106(127)121(65-109(4,5)6)89-48-69(2)98(113-62-89)75-31-20-17-21-32-75)54-85(55-84)108(129)123(67-111(10,11)12)91-58-78-44-40-72-28-23-25-34-94(72)101(78)117-64-91/h16-64,106,127H,65-67H2,1-15H3. The van der Waals surface area contributed by atoms with Crippen LogP contribution in [-0.4, -0.2) is 105 Å². The second kappa shape index (κ2) is 34.7. The number of carbonyl (C=O) groups is 5. The summed E-state index contributed by atoms with van der Waals surface area (Å²) in [6.45, 7) is 25.7. The van der Waals surface area contributed by atoms with Crippen molar-refractivity contribution in [2.75, 3.05) is 70.2 Å². The molecule has 0 saturated heterocycles. The Bertz CT molecular complexity index is 7300. The Balaban J connectivity index is 0.662. The van der Waals surface area contributed by atoms with E-state index in [9.17, 15) is 14.7 Å². The third-order valence-corrected chi connectivity index (χ3v) is 23.7. The Hall–Kier alpha value is -15.0. The average Bonchev–Trinajstić information content (AvgIpc) is 0.698. The molecule has 5 amide bonds. The first-order valence-electron chi connectivity index (χ1n) is 43.5. The van der Waals surface area contributed by atoms with Crippen molar-refractivity contribution in [3.8, 4) is 44.9 Å². The van der Waals surface area contributed by atoms with Crippen LogP contribution in [0.1, 0.15) is 143 Å². The molecule has 1 N–H and O–H groups in total. The highest BCUT2D eigenvalue weighted by Gasteiger charge is 2.34. The summed E-state index contributed by atoms with van der Waals surface area (Å²) in [4.78, 5) is 117. The van der Waals surface area contributed by atoms with Gasteiger partial charge in [-0.3, -0.25) is 53.9 Å². The van der Waals surface area contributed by atoms with Gasteiger partial charge in [-0.15, -0.1) is 0 Å². The van der Waals surface area contributed by atoms with Gasteiger partial charge >= 0.3 is 0 Å². The van der Waals surface area contributed by atoms with E-state index in [1.54, 1.807) is 86.3 Å². The molecule has 129 heavy (non-hydrogen) atoms. The Morgan fingerprint density at radius 1 is 0.295 bits per heavy atom. The largest absolute Gasteiger partial charge is 0.369 e. The van der Waals surface area contributed by atoms with Crippen LogP contribution >= 0.6 is 0 Å². The number of carbonyl (C=O) groups excluding carboxylic acids is 5. The first-order valence-corrected chi connectivity index (χ1v) is 43.5. The molecule has 11 aromatic carbocycles. The highest BCUT2D eigenvalue weighted by Crippen LogP contribution is 2.41. The number of amides is 5. The van der Waals surface area contributed by atoms with Crippen LogP contribution < -0.4 is 29.4 Å². The van der Waals surface area contributed by atoms with E-state index in [-0.39, 0.29) is 51.6 Å². The summed E-state index contributed by atoms with van der Waals surface area (Å²) in [5.74, 6) is -2.13. The zero-order valence-corrected chi connectivity index (χ0v) is 75.3. The van der Waals surface area contributed by atoms with Crippen LogP contribution in [0.25, 0.3) is 110 Å². The van der Waals surface area contributed by atoms with Gasteiger partial charge in [-0.1, -0.05) is 250 Å². The number of aryl methyl sites for hydroxylation is 3. The number of anilines is 6. The normalized spacial score (nSPS) is 12.1. The number of benzene rings is 11. The van der Waals surface area contributed by atoms with Gasteiger partial charge in [0.2, 0.25) is 0 Å². The van der Waals surface area contributed by atoms with E-state index in [4.69, 9.17) is 29.9 Å². The van der Waals surface area contributed by atoms with Crippen LogP contribution in [0.15, 0.2) is 298 Å². The predicted octanol–water partition coefficient (Wildman–Crippen LogP) is 24.3. The number of nitrogens with zero attached hydrogens (tertiary/aromatic N) is 12. The lowest BCUT2D eigenvalue weighted by Gasteiger charge is -2.36. The summed E-state index contributed by atoms with van der Waals surface area (Å²) in [6, 6.07) is 84.1. The highest BCUT2D eigenvalue weighted by molar-refractivity contribution is 6.17. The minimum Gasteiger partial charge on any atom is -0.369 e. The molecule has 0 aliphatic carbocycles. The number of rotatable bonds is 20. The molecule has 0 aliphatic rings. The second-order valence-electron chi connectivity index (χ2n) is 37.4. The molecule has 0 bridgehead atoms. The first kappa shape index (κ1) is 86.1. The van der Waals surface area contributed by atoms with E-state index in [1.807, 2.05) is 196 Å². The van der Waals surface area contributed by atoms with Crippen LogP contribution in [0.2, 0.25) is 0 Å². The molecular formula is C111H102N12O6. The zero-order valence-electron chi connectivity index (χ0n) is 75.3. The van der Waals surface area contributed by atoms with Crippen molar-refractivity contribution in [3.63, 3.8) is 0 Å². The molecular weight excluding hydrogens is 1600 g/mol. The average molecular weight is 1700 g/mol. The fraction of sp³-hybridized carbons (Fsp3) is 0.198. The molecule has 1 unspecified atom stereocenters. The molecule has 18 nitrogen and oxygen atoms in total. The molecule has 18 heteroatoms. The fourth-order valence-electron chi connectivity index (χ4n) is 17.3. The molecule has 0 radical (unpaired) electrons. The van der Waals surface area contributed by atoms with Crippen molar-refractivity contribution in [1.82, 2.24) is 29.9 Å². The lowest BCUT2D eigenvalue weighted by Crippen LogP contribution is -2.40. The molecule has 6 aromatic heterocycles. The van der Waals surface area contributed by atoms with Crippen LogP contribution in [0.5, 0.6) is 0 Å². The third-order valence-electron chi connectivity index (χ3n) is 23.7. The third kappa shape index (κ3) is 17.9. The van der Waals surface area contributed by atoms with Crippen molar-refractivity contribution >= 4 is 129 Å². The van der Waals surface area contributed by atoms with Gasteiger partial charge in [-0.05, 0) is 154 Å². The fourth-order valence-corrected chi connectivity index (χ4v) is 17.3. The predicted molar refractivity (Wildman–Crippen MR) is 525 cm³/mol. The Kier molecular flexibility index (Phi) is 23.2. The number of aliphatic hydroxyl groups is 1. The molecule has 0 saturated carbocycles.